The van der Waals surface area contributed by atoms with E-state index in [1.165, 1.54) is 6.07 Å². The Hall–Kier alpha value is -1.42. The summed E-state index contributed by atoms with van der Waals surface area (Å²) in [6, 6.07) is 6.76. The highest BCUT2D eigenvalue weighted by Crippen LogP contribution is 2.12. The summed E-state index contributed by atoms with van der Waals surface area (Å²) in [6.45, 7) is 6.67. The summed E-state index contributed by atoms with van der Waals surface area (Å²) in [5.74, 6) is -0.519. The van der Waals surface area contributed by atoms with Crippen molar-refractivity contribution < 1.29 is 13.9 Å². The second-order valence-electron chi connectivity index (χ2n) is 4.40. The van der Waals surface area contributed by atoms with Crippen LogP contribution < -0.4 is 0 Å². The number of halogens is 1. The van der Waals surface area contributed by atoms with Crippen molar-refractivity contribution in [2.45, 2.75) is 33.4 Å². The van der Waals surface area contributed by atoms with Crippen LogP contribution in [0.25, 0.3) is 0 Å². The van der Waals surface area contributed by atoms with Gasteiger partial charge in [0.1, 0.15) is 5.82 Å². The molecule has 0 N–H and O–H groups in total. The fourth-order valence-corrected chi connectivity index (χ4v) is 1.64. The first-order chi connectivity index (χ1) is 8.54. The maximum Gasteiger partial charge on any atom is 0.320 e. The van der Waals surface area contributed by atoms with Crippen molar-refractivity contribution in [1.29, 1.82) is 0 Å². The van der Waals surface area contributed by atoms with Gasteiger partial charge in [-0.15, -0.1) is 0 Å². The minimum atomic E-state index is -0.275. The minimum Gasteiger partial charge on any atom is -0.465 e. The van der Waals surface area contributed by atoms with Gasteiger partial charge in [-0.3, -0.25) is 9.69 Å². The topological polar surface area (TPSA) is 29.5 Å². The Balaban J connectivity index is 2.69. The van der Waals surface area contributed by atoms with Gasteiger partial charge in [-0.05, 0) is 26.8 Å². The van der Waals surface area contributed by atoms with Crippen LogP contribution in [0.15, 0.2) is 24.3 Å². The summed E-state index contributed by atoms with van der Waals surface area (Å²) in [5, 5.41) is 0. The Morgan fingerprint density at radius 1 is 1.39 bits per heavy atom. The molecular formula is C14H20FNO2. The van der Waals surface area contributed by atoms with Gasteiger partial charge in [0.25, 0.3) is 0 Å². The number of hydrogen-bond acceptors (Lipinski definition) is 3. The first kappa shape index (κ1) is 14.6. The van der Waals surface area contributed by atoms with Gasteiger partial charge in [0, 0.05) is 18.2 Å². The Kier molecular flexibility index (Phi) is 5.78. The van der Waals surface area contributed by atoms with Crippen molar-refractivity contribution >= 4 is 5.97 Å². The van der Waals surface area contributed by atoms with Crippen molar-refractivity contribution in [2.24, 2.45) is 0 Å². The monoisotopic (exact) mass is 253 g/mol. The van der Waals surface area contributed by atoms with Crippen molar-refractivity contribution in [1.82, 2.24) is 4.90 Å². The lowest BCUT2D eigenvalue weighted by Gasteiger charge is -2.25. The molecule has 0 saturated carbocycles. The largest absolute Gasteiger partial charge is 0.465 e. The molecule has 0 amide bonds. The average Bonchev–Trinajstić information content (AvgIpc) is 2.31. The lowest BCUT2D eigenvalue weighted by molar-refractivity contribution is -0.145. The fraction of sp³-hybridized carbons (Fsp3) is 0.500. The van der Waals surface area contributed by atoms with E-state index in [0.717, 1.165) is 0 Å². The number of carbonyl (C=O) groups is 1. The predicted molar refractivity (Wildman–Crippen MR) is 68.6 cm³/mol. The lowest BCUT2D eigenvalue weighted by Crippen LogP contribution is -2.36. The van der Waals surface area contributed by atoms with Crippen LogP contribution in [-0.4, -0.2) is 30.1 Å². The van der Waals surface area contributed by atoms with Gasteiger partial charge in [0.15, 0.2) is 0 Å². The van der Waals surface area contributed by atoms with E-state index in [1.807, 2.05) is 18.7 Å². The summed E-state index contributed by atoms with van der Waals surface area (Å²) in [4.78, 5) is 13.4. The molecular weight excluding hydrogens is 233 g/mol. The second kappa shape index (κ2) is 7.11. The van der Waals surface area contributed by atoms with E-state index in [2.05, 4.69) is 0 Å². The first-order valence-electron chi connectivity index (χ1n) is 6.17. The molecule has 0 saturated heterocycles. The molecule has 3 nitrogen and oxygen atoms in total. The van der Waals surface area contributed by atoms with Crippen LogP contribution in [0, 0.1) is 5.82 Å². The average molecular weight is 253 g/mol. The highest BCUT2D eigenvalue weighted by Gasteiger charge is 2.16. The third-order valence-corrected chi connectivity index (χ3v) is 2.70. The summed E-state index contributed by atoms with van der Waals surface area (Å²) >= 11 is 0. The van der Waals surface area contributed by atoms with E-state index in [0.29, 0.717) is 18.7 Å². The Morgan fingerprint density at radius 2 is 2.06 bits per heavy atom. The molecule has 0 fully saturated rings. The number of rotatable bonds is 6. The summed E-state index contributed by atoms with van der Waals surface area (Å²) < 4.78 is 18.5. The zero-order valence-corrected chi connectivity index (χ0v) is 11.1. The Morgan fingerprint density at radius 3 is 2.61 bits per heavy atom. The highest BCUT2D eigenvalue weighted by atomic mass is 19.1. The second-order valence-corrected chi connectivity index (χ2v) is 4.40. The SMILES string of the molecule is CCOC(=O)CN(Cc1ccccc1F)C(C)C. The smallest absolute Gasteiger partial charge is 0.320 e. The van der Waals surface area contributed by atoms with Crippen molar-refractivity contribution in [3.63, 3.8) is 0 Å². The predicted octanol–water partition coefficient (Wildman–Crippen LogP) is 2.60. The van der Waals surface area contributed by atoms with E-state index in [9.17, 15) is 9.18 Å². The third kappa shape index (κ3) is 4.45. The molecule has 1 aromatic carbocycles. The standard InChI is InChI=1S/C14H20FNO2/c1-4-18-14(17)10-16(11(2)3)9-12-7-5-6-8-13(12)15/h5-8,11H,4,9-10H2,1-3H3. The number of carbonyl (C=O) groups excluding carboxylic acids is 1. The summed E-state index contributed by atoms with van der Waals surface area (Å²) in [7, 11) is 0. The van der Waals surface area contributed by atoms with E-state index in [1.54, 1.807) is 25.1 Å². The molecule has 1 rings (SSSR count). The van der Waals surface area contributed by atoms with Gasteiger partial charge in [0.2, 0.25) is 0 Å². The molecule has 0 atom stereocenters. The highest BCUT2D eigenvalue weighted by molar-refractivity contribution is 5.71. The minimum absolute atomic E-state index is 0.147. The zero-order chi connectivity index (χ0) is 13.5. The van der Waals surface area contributed by atoms with E-state index in [-0.39, 0.29) is 24.4 Å². The first-order valence-corrected chi connectivity index (χ1v) is 6.17. The number of esters is 1. The number of benzene rings is 1. The molecule has 0 unspecified atom stereocenters. The summed E-state index contributed by atoms with van der Waals surface area (Å²) in [6.07, 6.45) is 0. The van der Waals surface area contributed by atoms with E-state index < -0.39 is 0 Å². The van der Waals surface area contributed by atoms with Gasteiger partial charge in [-0.2, -0.15) is 0 Å². The van der Waals surface area contributed by atoms with Crippen LogP contribution >= 0.6 is 0 Å². The summed E-state index contributed by atoms with van der Waals surface area (Å²) in [5.41, 5.74) is 0.593. The Labute approximate surface area is 108 Å². The van der Waals surface area contributed by atoms with Crippen molar-refractivity contribution in [2.75, 3.05) is 13.2 Å². The normalized spacial score (nSPS) is 11.0. The molecule has 0 spiro atoms. The number of ether oxygens (including phenoxy) is 1. The molecule has 100 valence electrons. The molecule has 0 heterocycles. The van der Waals surface area contributed by atoms with Crippen LogP contribution in [0.1, 0.15) is 26.3 Å². The molecule has 0 radical (unpaired) electrons. The van der Waals surface area contributed by atoms with Gasteiger partial charge in [-0.1, -0.05) is 18.2 Å². The molecule has 18 heavy (non-hydrogen) atoms. The van der Waals surface area contributed by atoms with Crippen LogP contribution in [0.2, 0.25) is 0 Å². The molecule has 0 aliphatic heterocycles. The Bertz CT molecular complexity index is 393. The van der Waals surface area contributed by atoms with Crippen molar-refractivity contribution in [3.05, 3.63) is 35.6 Å². The van der Waals surface area contributed by atoms with Gasteiger partial charge >= 0.3 is 5.97 Å². The van der Waals surface area contributed by atoms with E-state index in [4.69, 9.17) is 4.74 Å². The fourth-order valence-electron chi connectivity index (χ4n) is 1.64. The zero-order valence-electron chi connectivity index (χ0n) is 11.1. The maximum atomic E-state index is 13.6. The number of nitrogens with zero attached hydrogens (tertiary/aromatic N) is 1. The molecule has 0 bridgehead atoms. The molecule has 1 aromatic rings. The maximum absolute atomic E-state index is 13.6. The molecule has 0 aliphatic rings. The molecule has 0 aliphatic carbocycles. The van der Waals surface area contributed by atoms with Gasteiger partial charge in [0.05, 0.1) is 13.2 Å². The van der Waals surface area contributed by atoms with Gasteiger partial charge < -0.3 is 4.74 Å². The molecule has 0 aromatic heterocycles. The quantitative estimate of drug-likeness (QED) is 0.730. The van der Waals surface area contributed by atoms with Crippen LogP contribution in [0.4, 0.5) is 4.39 Å². The van der Waals surface area contributed by atoms with Crippen molar-refractivity contribution in [3.8, 4) is 0 Å². The van der Waals surface area contributed by atoms with Crippen LogP contribution in [0.5, 0.6) is 0 Å². The van der Waals surface area contributed by atoms with Crippen LogP contribution in [-0.2, 0) is 16.1 Å². The lowest BCUT2D eigenvalue weighted by atomic mass is 10.2. The van der Waals surface area contributed by atoms with Crippen LogP contribution in [0.3, 0.4) is 0 Å². The number of hydrogen-bond donors (Lipinski definition) is 0. The molecule has 4 heteroatoms. The van der Waals surface area contributed by atoms with Gasteiger partial charge in [-0.25, -0.2) is 4.39 Å². The third-order valence-electron chi connectivity index (χ3n) is 2.70. The van der Waals surface area contributed by atoms with E-state index >= 15 is 0 Å².